The number of rotatable bonds is 6. The summed E-state index contributed by atoms with van der Waals surface area (Å²) in [6, 6.07) is 5.73. The highest BCUT2D eigenvalue weighted by atomic mass is 79.9. The van der Waals surface area contributed by atoms with Crippen molar-refractivity contribution in [3.05, 3.63) is 28.2 Å². The van der Waals surface area contributed by atoms with E-state index in [9.17, 15) is 4.79 Å². The second-order valence-corrected chi connectivity index (χ2v) is 5.61. The summed E-state index contributed by atoms with van der Waals surface area (Å²) in [5.74, 6) is 1.49. The maximum atomic E-state index is 11.8. The molecule has 1 aliphatic carbocycles. The van der Waals surface area contributed by atoms with Gasteiger partial charge in [0.25, 0.3) is 0 Å². The zero-order valence-electron chi connectivity index (χ0n) is 11.2. The smallest absolute Gasteiger partial charge is 0.250 e. The molecule has 0 atom stereocenters. The molecule has 19 heavy (non-hydrogen) atoms. The summed E-state index contributed by atoms with van der Waals surface area (Å²) >= 11 is 3.48. The van der Waals surface area contributed by atoms with Crippen molar-refractivity contribution in [1.82, 2.24) is 5.06 Å². The van der Waals surface area contributed by atoms with E-state index < -0.39 is 0 Å². The van der Waals surface area contributed by atoms with Crippen LogP contribution >= 0.6 is 15.9 Å². The second kappa shape index (κ2) is 6.39. The first-order chi connectivity index (χ1) is 9.10. The van der Waals surface area contributed by atoms with Gasteiger partial charge in [0.1, 0.15) is 5.75 Å². The number of nitrogens with zero attached hydrogens (tertiary/aromatic N) is 1. The Morgan fingerprint density at radius 1 is 1.47 bits per heavy atom. The van der Waals surface area contributed by atoms with Crippen LogP contribution in [0.25, 0.3) is 0 Å². The molecule has 1 aromatic rings. The molecule has 1 fully saturated rings. The average molecular weight is 328 g/mol. The molecule has 1 amide bonds. The number of hydrogen-bond donors (Lipinski definition) is 0. The highest BCUT2D eigenvalue weighted by Gasteiger charge is 2.22. The first kappa shape index (κ1) is 14.3. The number of benzene rings is 1. The van der Waals surface area contributed by atoms with Crippen LogP contribution in [0.4, 0.5) is 0 Å². The van der Waals surface area contributed by atoms with Crippen molar-refractivity contribution in [2.24, 2.45) is 5.92 Å². The predicted molar refractivity (Wildman–Crippen MR) is 75.8 cm³/mol. The van der Waals surface area contributed by atoms with E-state index >= 15 is 0 Å². The van der Waals surface area contributed by atoms with Gasteiger partial charge in [-0.1, -0.05) is 22.0 Å². The summed E-state index contributed by atoms with van der Waals surface area (Å²) in [5, 5.41) is 1.23. The van der Waals surface area contributed by atoms with Gasteiger partial charge in [-0.3, -0.25) is 9.63 Å². The highest BCUT2D eigenvalue weighted by molar-refractivity contribution is 9.10. The summed E-state index contributed by atoms with van der Waals surface area (Å²) in [4.78, 5) is 16.6. The highest BCUT2D eigenvalue weighted by Crippen LogP contribution is 2.30. The van der Waals surface area contributed by atoms with Gasteiger partial charge >= 0.3 is 0 Å². The minimum atomic E-state index is -0.0881. The fourth-order valence-electron chi connectivity index (χ4n) is 1.64. The zero-order valence-corrected chi connectivity index (χ0v) is 12.8. The Bertz CT molecular complexity index is 460. The third kappa shape index (κ3) is 4.21. The van der Waals surface area contributed by atoms with Gasteiger partial charge in [-0.25, -0.2) is 5.06 Å². The normalized spacial score (nSPS) is 14.3. The van der Waals surface area contributed by atoms with Gasteiger partial charge < -0.3 is 4.74 Å². The Kier molecular flexibility index (Phi) is 4.82. The van der Waals surface area contributed by atoms with Crippen LogP contribution in [0.15, 0.2) is 22.7 Å². The van der Waals surface area contributed by atoms with Crippen LogP contribution in [0.5, 0.6) is 5.75 Å². The third-order valence-electron chi connectivity index (χ3n) is 3.17. The fraction of sp³-hybridized carbons (Fsp3) is 0.500. The van der Waals surface area contributed by atoms with Crippen LogP contribution in [-0.4, -0.2) is 31.7 Å². The lowest BCUT2D eigenvalue weighted by atomic mass is 10.1. The Morgan fingerprint density at radius 2 is 2.21 bits per heavy atom. The van der Waals surface area contributed by atoms with Crippen molar-refractivity contribution in [2.45, 2.75) is 19.3 Å². The van der Waals surface area contributed by atoms with Crippen LogP contribution in [0.1, 0.15) is 18.4 Å². The Hall–Kier alpha value is -1.07. The molecule has 104 valence electrons. The molecule has 0 N–H and O–H groups in total. The van der Waals surface area contributed by atoms with Crippen LogP contribution < -0.4 is 4.74 Å². The van der Waals surface area contributed by atoms with Gasteiger partial charge in [0.15, 0.2) is 0 Å². The Morgan fingerprint density at radius 3 is 2.79 bits per heavy atom. The molecule has 0 aromatic heterocycles. The van der Waals surface area contributed by atoms with Crippen LogP contribution in [0, 0.1) is 5.92 Å². The van der Waals surface area contributed by atoms with Gasteiger partial charge in [0.2, 0.25) is 5.91 Å². The van der Waals surface area contributed by atoms with Crippen molar-refractivity contribution in [2.75, 3.05) is 20.8 Å². The van der Waals surface area contributed by atoms with E-state index in [0.29, 0.717) is 6.42 Å². The fourth-order valence-corrected chi connectivity index (χ4v) is 2.13. The van der Waals surface area contributed by atoms with Crippen LogP contribution in [-0.2, 0) is 16.1 Å². The van der Waals surface area contributed by atoms with E-state index in [0.717, 1.165) is 28.3 Å². The lowest BCUT2D eigenvalue weighted by Gasteiger charge is -2.14. The number of halogens is 1. The predicted octanol–water partition coefficient (Wildman–Crippen LogP) is 2.80. The summed E-state index contributed by atoms with van der Waals surface area (Å²) in [6.45, 7) is 0.789. The molecule has 4 nitrogen and oxygen atoms in total. The SMILES string of the molecule is CON(C)C(=O)Cc1ccc(OCC2CC2)cc1Br. The standard InChI is InChI=1S/C14H18BrNO3/c1-16(18-2)14(17)7-11-5-6-12(8-13(11)15)19-9-10-3-4-10/h5-6,8,10H,3-4,7,9H2,1-2H3. The topological polar surface area (TPSA) is 38.8 Å². The summed E-state index contributed by atoms with van der Waals surface area (Å²) in [7, 11) is 3.07. The maximum absolute atomic E-state index is 11.8. The number of likely N-dealkylation sites (N-methyl/N-ethyl adjacent to an activating group) is 1. The van der Waals surface area contributed by atoms with Crippen LogP contribution in [0.3, 0.4) is 0 Å². The number of hydrogen-bond acceptors (Lipinski definition) is 3. The second-order valence-electron chi connectivity index (χ2n) is 4.76. The number of amides is 1. The molecule has 0 radical (unpaired) electrons. The van der Waals surface area contributed by atoms with E-state index in [1.54, 1.807) is 7.05 Å². The number of ether oxygens (including phenoxy) is 1. The van der Waals surface area contributed by atoms with Crippen molar-refractivity contribution >= 4 is 21.8 Å². The van der Waals surface area contributed by atoms with E-state index in [4.69, 9.17) is 9.57 Å². The van der Waals surface area contributed by atoms with Crippen molar-refractivity contribution in [1.29, 1.82) is 0 Å². The van der Waals surface area contributed by atoms with Crippen molar-refractivity contribution in [3.8, 4) is 5.75 Å². The van der Waals surface area contributed by atoms with E-state index in [1.807, 2.05) is 18.2 Å². The molecule has 0 heterocycles. The number of hydroxylamine groups is 2. The van der Waals surface area contributed by atoms with Gasteiger partial charge in [-0.2, -0.15) is 0 Å². The first-order valence-corrected chi connectivity index (χ1v) is 7.11. The molecule has 1 aliphatic rings. The maximum Gasteiger partial charge on any atom is 0.250 e. The molecule has 1 saturated carbocycles. The molecular weight excluding hydrogens is 310 g/mol. The number of carbonyl (C=O) groups is 1. The average Bonchev–Trinajstić information content (AvgIpc) is 3.22. The minimum Gasteiger partial charge on any atom is -0.493 e. The molecular formula is C14H18BrNO3. The lowest BCUT2D eigenvalue weighted by Crippen LogP contribution is -2.27. The quantitative estimate of drug-likeness (QED) is 0.754. The van der Waals surface area contributed by atoms with Crippen molar-refractivity contribution < 1.29 is 14.4 Å². The molecule has 0 saturated heterocycles. The van der Waals surface area contributed by atoms with Gasteiger partial charge in [0.05, 0.1) is 20.1 Å². The molecule has 0 unspecified atom stereocenters. The monoisotopic (exact) mass is 327 g/mol. The van der Waals surface area contributed by atoms with Gasteiger partial charge in [-0.15, -0.1) is 0 Å². The van der Waals surface area contributed by atoms with Crippen LogP contribution in [0.2, 0.25) is 0 Å². The Labute approximate surface area is 121 Å². The van der Waals surface area contributed by atoms with Gasteiger partial charge in [0, 0.05) is 11.5 Å². The molecule has 5 heteroatoms. The van der Waals surface area contributed by atoms with Crippen molar-refractivity contribution in [3.63, 3.8) is 0 Å². The minimum absolute atomic E-state index is 0.0881. The molecule has 0 spiro atoms. The Balaban J connectivity index is 1.95. The molecule has 0 aliphatic heterocycles. The first-order valence-electron chi connectivity index (χ1n) is 6.32. The summed E-state index contributed by atoms with van der Waals surface area (Å²) in [6.07, 6.45) is 2.85. The van der Waals surface area contributed by atoms with E-state index in [-0.39, 0.29) is 5.91 Å². The zero-order chi connectivity index (χ0) is 13.8. The summed E-state index contributed by atoms with van der Waals surface area (Å²) < 4.78 is 6.58. The van der Waals surface area contributed by atoms with Gasteiger partial charge in [-0.05, 0) is 36.5 Å². The lowest BCUT2D eigenvalue weighted by molar-refractivity contribution is -0.167. The largest absolute Gasteiger partial charge is 0.493 e. The van der Waals surface area contributed by atoms with E-state index in [1.165, 1.54) is 25.0 Å². The molecule has 1 aromatic carbocycles. The third-order valence-corrected chi connectivity index (χ3v) is 3.91. The number of carbonyl (C=O) groups excluding carboxylic acids is 1. The molecule has 2 rings (SSSR count). The molecule has 0 bridgehead atoms. The van der Waals surface area contributed by atoms with E-state index in [2.05, 4.69) is 15.9 Å². The summed E-state index contributed by atoms with van der Waals surface area (Å²) in [5.41, 5.74) is 0.924.